The van der Waals surface area contributed by atoms with Crippen molar-refractivity contribution in [2.45, 2.75) is 13.3 Å². The molecule has 0 bridgehead atoms. The fraction of sp³-hybridized carbons (Fsp3) is 0.500. The van der Waals surface area contributed by atoms with Crippen molar-refractivity contribution in [2.75, 3.05) is 30.4 Å². The molecular formula is C14H19N3O3S. The average molecular weight is 309 g/mol. The highest BCUT2D eigenvalue weighted by Gasteiger charge is 2.26. The zero-order valence-corrected chi connectivity index (χ0v) is 13.0. The monoisotopic (exact) mass is 309 g/mol. The summed E-state index contributed by atoms with van der Waals surface area (Å²) in [6.45, 7) is 3.31. The minimum Gasteiger partial charge on any atom is -0.324 e. The number of rotatable bonds is 4. The first-order valence-electron chi connectivity index (χ1n) is 6.81. The lowest BCUT2D eigenvalue weighted by Gasteiger charge is -2.18. The topological polar surface area (TPSA) is 75.5 Å². The quantitative estimate of drug-likeness (QED) is 0.685. The Bertz CT molecular complexity index is 550. The van der Waals surface area contributed by atoms with Crippen LogP contribution in [0.2, 0.25) is 0 Å². The van der Waals surface area contributed by atoms with Crippen LogP contribution in [0, 0.1) is 23.0 Å². The highest BCUT2D eigenvalue weighted by molar-refractivity contribution is 7.98. The molecule has 0 aromatic heterocycles. The Labute approximate surface area is 128 Å². The molecule has 0 radical (unpaired) electrons. The van der Waals surface area contributed by atoms with E-state index >= 15 is 0 Å². The number of hydrogen-bond donors (Lipinski definition) is 1. The Morgan fingerprint density at radius 1 is 1.57 bits per heavy atom. The smallest absolute Gasteiger partial charge is 0.321 e. The molecule has 7 heteroatoms. The van der Waals surface area contributed by atoms with E-state index in [1.54, 1.807) is 22.7 Å². The number of aryl methyl sites for hydroxylation is 1. The van der Waals surface area contributed by atoms with E-state index in [2.05, 4.69) is 11.6 Å². The van der Waals surface area contributed by atoms with Crippen LogP contribution in [0.3, 0.4) is 0 Å². The summed E-state index contributed by atoms with van der Waals surface area (Å²) in [5.74, 6) is 1.59. The van der Waals surface area contributed by atoms with Crippen LogP contribution < -0.4 is 5.32 Å². The summed E-state index contributed by atoms with van der Waals surface area (Å²) < 4.78 is 0. The van der Waals surface area contributed by atoms with Crippen LogP contribution >= 0.6 is 11.8 Å². The van der Waals surface area contributed by atoms with Gasteiger partial charge in [-0.2, -0.15) is 11.8 Å². The van der Waals surface area contributed by atoms with Crippen molar-refractivity contribution in [2.24, 2.45) is 5.92 Å². The number of urea groups is 1. The zero-order valence-electron chi connectivity index (χ0n) is 12.2. The fourth-order valence-electron chi connectivity index (χ4n) is 2.44. The molecule has 0 aliphatic carbocycles. The minimum absolute atomic E-state index is 0.0161. The van der Waals surface area contributed by atoms with Gasteiger partial charge in [0.05, 0.1) is 10.6 Å². The van der Waals surface area contributed by atoms with Gasteiger partial charge in [0.15, 0.2) is 0 Å². The SMILES string of the molecule is CSCC1CCN(C(=O)Nc2cc([N+](=O)[O-])ccc2C)C1. The third-order valence-electron chi connectivity index (χ3n) is 3.65. The summed E-state index contributed by atoms with van der Waals surface area (Å²) in [7, 11) is 0. The molecule has 1 N–H and O–H groups in total. The van der Waals surface area contributed by atoms with Crippen LogP contribution in [0.25, 0.3) is 0 Å². The maximum absolute atomic E-state index is 12.2. The number of amides is 2. The van der Waals surface area contributed by atoms with Gasteiger partial charge < -0.3 is 10.2 Å². The third-order valence-corrected chi connectivity index (χ3v) is 4.45. The number of non-ortho nitro benzene ring substituents is 1. The number of nitrogens with one attached hydrogen (secondary N) is 1. The van der Waals surface area contributed by atoms with Gasteiger partial charge in [0, 0.05) is 25.2 Å². The molecule has 21 heavy (non-hydrogen) atoms. The van der Waals surface area contributed by atoms with Gasteiger partial charge in [0.25, 0.3) is 5.69 Å². The van der Waals surface area contributed by atoms with E-state index in [0.717, 1.165) is 30.8 Å². The summed E-state index contributed by atoms with van der Waals surface area (Å²) in [4.78, 5) is 24.4. The van der Waals surface area contributed by atoms with Crippen LogP contribution in [-0.2, 0) is 0 Å². The zero-order chi connectivity index (χ0) is 15.4. The van der Waals surface area contributed by atoms with Gasteiger partial charge in [0.1, 0.15) is 0 Å². The molecule has 2 amide bonds. The second-order valence-electron chi connectivity index (χ2n) is 5.24. The molecule has 1 aromatic carbocycles. The second kappa shape index (κ2) is 6.80. The molecule has 1 saturated heterocycles. The number of carbonyl (C=O) groups excluding carboxylic acids is 1. The van der Waals surface area contributed by atoms with Gasteiger partial charge in [-0.15, -0.1) is 0 Å². The second-order valence-corrected chi connectivity index (χ2v) is 6.15. The van der Waals surface area contributed by atoms with Crippen LogP contribution in [-0.4, -0.2) is 41.0 Å². The third kappa shape index (κ3) is 3.87. The highest BCUT2D eigenvalue weighted by atomic mass is 32.2. The molecule has 6 nitrogen and oxygen atoms in total. The standard InChI is InChI=1S/C14H19N3O3S/c1-10-3-4-12(17(19)20)7-13(10)15-14(18)16-6-5-11(8-16)9-21-2/h3-4,7,11H,5-6,8-9H2,1-2H3,(H,15,18). The van der Waals surface area contributed by atoms with Crippen molar-refractivity contribution < 1.29 is 9.72 Å². The number of benzene rings is 1. The van der Waals surface area contributed by atoms with Crippen molar-refractivity contribution in [3.8, 4) is 0 Å². The lowest BCUT2D eigenvalue weighted by molar-refractivity contribution is -0.384. The number of nitro groups is 1. The fourth-order valence-corrected chi connectivity index (χ4v) is 3.18. The largest absolute Gasteiger partial charge is 0.324 e. The molecule has 1 aromatic rings. The predicted molar refractivity (Wildman–Crippen MR) is 84.9 cm³/mol. The molecule has 1 aliphatic heterocycles. The Morgan fingerprint density at radius 3 is 3.00 bits per heavy atom. The molecular weight excluding hydrogens is 290 g/mol. The maximum Gasteiger partial charge on any atom is 0.321 e. The van der Waals surface area contributed by atoms with E-state index in [4.69, 9.17) is 0 Å². The maximum atomic E-state index is 12.2. The Kier molecular flexibility index (Phi) is 5.06. The summed E-state index contributed by atoms with van der Waals surface area (Å²) in [6, 6.07) is 4.31. The molecule has 2 rings (SSSR count). The molecule has 0 spiro atoms. The lowest BCUT2D eigenvalue weighted by atomic mass is 10.2. The van der Waals surface area contributed by atoms with Crippen LogP contribution in [0.5, 0.6) is 0 Å². The Morgan fingerprint density at radius 2 is 2.33 bits per heavy atom. The van der Waals surface area contributed by atoms with Gasteiger partial charge in [-0.25, -0.2) is 4.79 Å². The summed E-state index contributed by atoms with van der Waals surface area (Å²) >= 11 is 1.79. The van der Waals surface area contributed by atoms with Gasteiger partial charge >= 0.3 is 6.03 Å². The average Bonchev–Trinajstić information content (AvgIpc) is 2.90. The number of nitro benzene ring substituents is 1. The predicted octanol–water partition coefficient (Wildman–Crippen LogP) is 3.12. The first-order valence-corrected chi connectivity index (χ1v) is 8.20. The van der Waals surface area contributed by atoms with E-state index in [1.165, 1.54) is 12.1 Å². The highest BCUT2D eigenvalue weighted by Crippen LogP contribution is 2.24. The molecule has 1 aliphatic rings. The van der Waals surface area contributed by atoms with E-state index in [1.807, 2.05) is 6.92 Å². The van der Waals surface area contributed by atoms with Crippen molar-refractivity contribution in [3.05, 3.63) is 33.9 Å². The molecule has 1 atom stereocenters. The number of likely N-dealkylation sites (tertiary alicyclic amines) is 1. The van der Waals surface area contributed by atoms with E-state index in [9.17, 15) is 14.9 Å². The van der Waals surface area contributed by atoms with E-state index in [-0.39, 0.29) is 11.7 Å². The van der Waals surface area contributed by atoms with Crippen molar-refractivity contribution in [3.63, 3.8) is 0 Å². The van der Waals surface area contributed by atoms with Crippen molar-refractivity contribution in [1.82, 2.24) is 4.90 Å². The molecule has 1 heterocycles. The molecule has 1 unspecified atom stereocenters. The first kappa shape index (κ1) is 15.6. The van der Waals surface area contributed by atoms with Crippen molar-refractivity contribution >= 4 is 29.2 Å². The lowest BCUT2D eigenvalue weighted by Crippen LogP contribution is -2.33. The number of thioether (sulfide) groups is 1. The van der Waals surface area contributed by atoms with Crippen molar-refractivity contribution in [1.29, 1.82) is 0 Å². The summed E-state index contributed by atoms with van der Waals surface area (Å²) in [5, 5.41) is 13.6. The molecule has 114 valence electrons. The van der Waals surface area contributed by atoms with Gasteiger partial charge in [-0.3, -0.25) is 10.1 Å². The van der Waals surface area contributed by atoms with Crippen LogP contribution in [0.4, 0.5) is 16.2 Å². The number of carbonyl (C=O) groups is 1. The minimum atomic E-state index is -0.459. The van der Waals surface area contributed by atoms with E-state index < -0.39 is 4.92 Å². The number of nitrogens with zero attached hydrogens (tertiary/aromatic N) is 2. The normalized spacial score (nSPS) is 17.8. The van der Waals surface area contributed by atoms with Gasteiger partial charge in [0.2, 0.25) is 0 Å². The van der Waals surface area contributed by atoms with Crippen LogP contribution in [0.1, 0.15) is 12.0 Å². The molecule has 0 saturated carbocycles. The van der Waals surface area contributed by atoms with Gasteiger partial charge in [-0.1, -0.05) is 6.07 Å². The Hall–Kier alpha value is -1.76. The summed E-state index contributed by atoms with van der Waals surface area (Å²) in [5.41, 5.74) is 1.30. The summed E-state index contributed by atoms with van der Waals surface area (Å²) in [6.07, 6.45) is 3.08. The molecule has 1 fully saturated rings. The van der Waals surface area contributed by atoms with Crippen LogP contribution in [0.15, 0.2) is 18.2 Å². The number of hydrogen-bond acceptors (Lipinski definition) is 4. The number of anilines is 1. The first-order chi connectivity index (χ1) is 10.0. The van der Waals surface area contributed by atoms with Gasteiger partial charge in [-0.05, 0) is 36.8 Å². The van der Waals surface area contributed by atoms with E-state index in [0.29, 0.717) is 11.6 Å². The Balaban J connectivity index is 2.03.